The summed E-state index contributed by atoms with van der Waals surface area (Å²) in [5.74, 6) is 0. The van der Waals surface area contributed by atoms with Crippen molar-refractivity contribution in [3.63, 3.8) is 0 Å². The molecule has 1 aromatic carbocycles. The lowest BCUT2D eigenvalue weighted by molar-refractivity contribution is 0.542. The van der Waals surface area contributed by atoms with E-state index in [0.717, 1.165) is 16.7 Å². The standard InChI is InChI=1S/C16H25ClO2S/c1-9-10(2)12(4)14(13(5)11(9)3)15(17)16(6,7)20(8,18)19/h15H,1-8H3. The van der Waals surface area contributed by atoms with E-state index in [2.05, 4.69) is 20.8 Å². The van der Waals surface area contributed by atoms with Gasteiger partial charge < -0.3 is 0 Å². The molecule has 0 heterocycles. The van der Waals surface area contributed by atoms with Crippen molar-refractivity contribution in [1.29, 1.82) is 0 Å². The molecule has 1 unspecified atom stereocenters. The summed E-state index contributed by atoms with van der Waals surface area (Å²) in [7, 11) is -3.25. The first-order valence-electron chi connectivity index (χ1n) is 6.74. The van der Waals surface area contributed by atoms with E-state index in [9.17, 15) is 8.42 Å². The maximum atomic E-state index is 12.0. The second-order valence-corrected chi connectivity index (χ2v) is 9.31. The Balaban J connectivity index is 3.65. The predicted molar refractivity (Wildman–Crippen MR) is 87.6 cm³/mol. The first kappa shape index (κ1) is 17.5. The van der Waals surface area contributed by atoms with Crippen LogP contribution in [0.3, 0.4) is 0 Å². The lowest BCUT2D eigenvalue weighted by Crippen LogP contribution is -2.36. The third kappa shape index (κ3) is 2.62. The zero-order chi connectivity index (χ0) is 16.0. The Kier molecular flexibility index (Phi) is 4.68. The molecule has 0 bridgehead atoms. The second kappa shape index (κ2) is 5.34. The normalized spacial score (nSPS) is 14.4. The van der Waals surface area contributed by atoms with Gasteiger partial charge in [0.25, 0.3) is 0 Å². The van der Waals surface area contributed by atoms with Crippen molar-refractivity contribution in [2.24, 2.45) is 0 Å². The maximum Gasteiger partial charge on any atom is 0.154 e. The molecule has 0 saturated heterocycles. The van der Waals surface area contributed by atoms with Crippen molar-refractivity contribution in [2.45, 2.75) is 58.6 Å². The molecule has 0 spiro atoms. The zero-order valence-electron chi connectivity index (χ0n) is 13.7. The minimum absolute atomic E-state index is 0.560. The van der Waals surface area contributed by atoms with Crippen LogP contribution in [0.4, 0.5) is 0 Å². The molecular weight excluding hydrogens is 292 g/mol. The van der Waals surface area contributed by atoms with Crippen molar-refractivity contribution < 1.29 is 8.42 Å². The second-order valence-electron chi connectivity index (χ2n) is 6.28. The number of hydrogen-bond acceptors (Lipinski definition) is 2. The molecule has 1 atom stereocenters. The summed E-state index contributed by atoms with van der Waals surface area (Å²) in [6.45, 7) is 13.7. The van der Waals surface area contributed by atoms with Gasteiger partial charge in [-0.25, -0.2) is 8.42 Å². The molecule has 1 rings (SSSR count). The van der Waals surface area contributed by atoms with Crippen molar-refractivity contribution in [3.05, 3.63) is 33.4 Å². The van der Waals surface area contributed by atoms with E-state index in [1.54, 1.807) is 13.8 Å². The minimum Gasteiger partial charge on any atom is -0.229 e. The van der Waals surface area contributed by atoms with Crippen molar-refractivity contribution >= 4 is 21.4 Å². The summed E-state index contributed by atoms with van der Waals surface area (Å²) in [6, 6.07) is 0. The molecule has 0 fully saturated rings. The minimum atomic E-state index is -3.25. The monoisotopic (exact) mass is 316 g/mol. The van der Waals surface area contributed by atoms with Crippen molar-refractivity contribution in [2.75, 3.05) is 6.26 Å². The van der Waals surface area contributed by atoms with Gasteiger partial charge >= 0.3 is 0 Å². The number of rotatable bonds is 3. The largest absolute Gasteiger partial charge is 0.229 e. The Morgan fingerprint density at radius 1 is 0.850 bits per heavy atom. The quantitative estimate of drug-likeness (QED) is 0.778. The third-order valence-electron chi connectivity index (χ3n) is 4.88. The number of sulfone groups is 1. The van der Waals surface area contributed by atoms with Gasteiger partial charge in [0.2, 0.25) is 0 Å². The number of halogens is 1. The molecule has 0 aliphatic rings. The number of alkyl halides is 1. The molecule has 0 N–H and O–H groups in total. The molecule has 114 valence electrons. The van der Waals surface area contributed by atoms with E-state index in [-0.39, 0.29) is 0 Å². The van der Waals surface area contributed by atoms with E-state index < -0.39 is 20.0 Å². The van der Waals surface area contributed by atoms with Gasteiger partial charge in [0.1, 0.15) is 0 Å². The van der Waals surface area contributed by atoms with Crippen LogP contribution in [0, 0.1) is 34.6 Å². The highest BCUT2D eigenvalue weighted by Gasteiger charge is 2.40. The van der Waals surface area contributed by atoms with Gasteiger partial charge in [-0.2, -0.15) is 0 Å². The summed E-state index contributed by atoms with van der Waals surface area (Å²) in [6.07, 6.45) is 1.25. The highest BCUT2D eigenvalue weighted by Crippen LogP contribution is 2.42. The van der Waals surface area contributed by atoms with Crippen LogP contribution in [0.5, 0.6) is 0 Å². The van der Waals surface area contributed by atoms with Gasteiger partial charge in [-0.05, 0) is 81.8 Å². The van der Waals surface area contributed by atoms with E-state index in [1.165, 1.54) is 22.9 Å². The van der Waals surface area contributed by atoms with E-state index in [0.29, 0.717) is 0 Å². The van der Waals surface area contributed by atoms with Gasteiger partial charge in [0.05, 0.1) is 10.1 Å². The Bertz CT molecular complexity index is 614. The molecule has 0 aromatic heterocycles. The fourth-order valence-electron chi connectivity index (χ4n) is 2.44. The first-order valence-corrected chi connectivity index (χ1v) is 9.07. The van der Waals surface area contributed by atoms with Crippen LogP contribution in [0.15, 0.2) is 0 Å². The number of hydrogen-bond donors (Lipinski definition) is 0. The molecule has 20 heavy (non-hydrogen) atoms. The van der Waals surface area contributed by atoms with Crippen LogP contribution >= 0.6 is 11.6 Å². The fourth-order valence-corrected chi connectivity index (χ4v) is 3.75. The molecule has 0 amide bonds. The maximum absolute atomic E-state index is 12.0. The van der Waals surface area contributed by atoms with Crippen LogP contribution in [-0.2, 0) is 9.84 Å². The average Bonchev–Trinajstić information content (AvgIpc) is 2.32. The van der Waals surface area contributed by atoms with E-state index in [1.807, 2.05) is 13.8 Å². The molecular formula is C16H25ClO2S. The molecule has 0 saturated carbocycles. The van der Waals surface area contributed by atoms with Crippen LogP contribution in [0.1, 0.15) is 52.6 Å². The molecule has 2 nitrogen and oxygen atoms in total. The van der Waals surface area contributed by atoms with Gasteiger partial charge in [0.15, 0.2) is 9.84 Å². The van der Waals surface area contributed by atoms with Gasteiger partial charge in [0, 0.05) is 6.26 Å². The molecule has 0 radical (unpaired) electrons. The predicted octanol–water partition coefficient (Wildman–Crippen LogP) is 4.33. The van der Waals surface area contributed by atoms with Crippen LogP contribution in [0.2, 0.25) is 0 Å². The Labute approximate surface area is 128 Å². The molecule has 4 heteroatoms. The number of benzene rings is 1. The molecule has 0 aliphatic heterocycles. The summed E-state index contributed by atoms with van der Waals surface area (Å²) in [5, 5.41) is -0.560. The lowest BCUT2D eigenvalue weighted by atomic mass is 9.85. The average molecular weight is 317 g/mol. The Hall–Kier alpha value is -0.540. The summed E-state index contributed by atoms with van der Waals surface area (Å²) in [4.78, 5) is 0. The smallest absolute Gasteiger partial charge is 0.154 e. The zero-order valence-corrected chi connectivity index (χ0v) is 15.3. The third-order valence-corrected chi connectivity index (χ3v) is 7.92. The van der Waals surface area contributed by atoms with Crippen LogP contribution < -0.4 is 0 Å². The fraction of sp³-hybridized carbons (Fsp3) is 0.625. The lowest BCUT2D eigenvalue weighted by Gasteiger charge is -2.32. The van der Waals surface area contributed by atoms with Gasteiger partial charge in [-0.1, -0.05) is 0 Å². The first-order chi connectivity index (χ1) is 8.84. The van der Waals surface area contributed by atoms with Gasteiger partial charge in [-0.15, -0.1) is 11.6 Å². The highest BCUT2D eigenvalue weighted by molar-refractivity contribution is 7.92. The van der Waals surface area contributed by atoms with E-state index >= 15 is 0 Å². The van der Waals surface area contributed by atoms with Crippen molar-refractivity contribution in [3.8, 4) is 0 Å². The SMILES string of the molecule is Cc1c(C)c(C)c(C(Cl)C(C)(C)S(C)(=O)=O)c(C)c1C. The van der Waals surface area contributed by atoms with Crippen LogP contribution in [0.25, 0.3) is 0 Å². The summed E-state index contributed by atoms with van der Waals surface area (Å²) in [5.41, 5.74) is 6.80. The van der Waals surface area contributed by atoms with Gasteiger partial charge in [-0.3, -0.25) is 0 Å². The topological polar surface area (TPSA) is 34.1 Å². The summed E-state index contributed by atoms with van der Waals surface area (Å²) >= 11 is 6.61. The highest BCUT2D eigenvalue weighted by atomic mass is 35.5. The summed E-state index contributed by atoms with van der Waals surface area (Å²) < 4.78 is 23.1. The molecule has 0 aliphatic carbocycles. The Morgan fingerprint density at radius 3 is 1.45 bits per heavy atom. The molecule has 1 aromatic rings. The van der Waals surface area contributed by atoms with Crippen LogP contribution in [-0.4, -0.2) is 19.4 Å². The van der Waals surface area contributed by atoms with E-state index in [4.69, 9.17) is 11.6 Å². The Morgan fingerprint density at radius 2 is 1.15 bits per heavy atom. The van der Waals surface area contributed by atoms with Crippen molar-refractivity contribution in [1.82, 2.24) is 0 Å².